The van der Waals surface area contributed by atoms with Crippen LogP contribution in [-0.2, 0) is 4.79 Å². The van der Waals surface area contributed by atoms with E-state index in [-0.39, 0.29) is 17.7 Å². The first-order valence-electron chi connectivity index (χ1n) is 6.43. The van der Waals surface area contributed by atoms with Crippen molar-refractivity contribution in [3.8, 4) is 6.07 Å². The highest BCUT2D eigenvalue weighted by Crippen LogP contribution is 2.19. The summed E-state index contributed by atoms with van der Waals surface area (Å²) in [6.45, 7) is 4.05. The van der Waals surface area contributed by atoms with Crippen molar-refractivity contribution < 1.29 is 4.79 Å². The fourth-order valence-corrected chi connectivity index (χ4v) is 2.54. The summed E-state index contributed by atoms with van der Waals surface area (Å²) in [6.07, 6.45) is 1.65. The highest BCUT2D eigenvalue weighted by molar-refractivity contribution is 7.99. The fourth-order valence-electron chi connectivity index (χ4n) is 1.70. The lowest BCUT2D eigenvalue weighted by molar-refractivity contribution is -0.113. The molecule has 0 bridgehead atoms. The maximum absolute atomic E-state index is 12.0. The molecule has 0 spiro atoms. The van der Waals surface area contributed by atoms with Crippen LogP contribution in [0.15, 0.2) is 35.7 Å². The van der Waals surface area contributed by atoms with Crippen LogP contribution in [0.1, 0.15) is 25.5 Å². The number of rotatable bonds is 5. The molecule has 0 atom stereocenters. The van der Waals surface area contributed by atoms with Crippen molar-refractivity contribution >= 4 is 23.4 Å². The van der Waals surface area contributed by atoms with E-state index in [1.54, 1.807) is 30.6 Å². The number of hydrogen-bond acceptors (Lipinski definition) is 5. The standard InChI is InChI=1S/C14H15N5OS/c1-10(2)19-9-16-18-14(19)21-8-13(20)17-12-6-4-3-5-11(12)7-15/h3-6,9-10H,8H2,1-2H3,(H,17,20). The molecular formula is C14H15N5OS. The molecule has 2 aromatic rings. The lowest BCUT2D eigenvalue weighted by Crippen LogP contribution is -2.15. The van der Waals surface area contributed by atoms with E-state index < -0.39 is 0 Å². The van der Waals surface area contributed by atoms with E-state index in [0.717, 1.165) is 0 Å². The van der Waals surface area contributed by atoms with Gasteiger partial charge in [0, 0.05) is 6.04 Å². The molecule has 0 aliphatic heterocycles. The summed E-state index contributed by atoms with van der Waals surface area (Å²) in [5, 5.41) is 20.3. The molecule has 0 aliphatic carbocycles. The van der Waals surface area contributed by atoms with Gasteiger partial charge in [0.25, 0.3) is 0 Å². The van der Waals surface area contributed by atoms with Crippen molar-refractivity contribution in [2.24, 2.45) is 0 Å². The Balaban J connectivity index is 1.97. The smallest absolute Gasteiger partial charge is 0.234 e. The fraction of sp³-hybridized carbons (Fsp3) is 0.286. The number of nitriles is 1. The summed E-state index contributed by atoms with van der Waals surface area (Å²) >= 11 is 1.32. The number of aromatic nitrogens is 3. The van der Waals surface area contributed by atoms with Gasteiger partial charge < -0.3 is 9.88 Å². The molecule has 21 heavy (non-hydrogen) atoms. The Morgan fingerprint density at radius 2 is 2.24 bits per heavy atom. The molecule has 0 radical (unpaired) electrons. The van der Waals surface area contributed by atoms with Crippen molar-refractivity contribution in [1.82, 2.24) is 14.8 Å². The van der Waals surface area contributed by atoms with Gasteiger partial charge >= 0.3 is 0 Å². The van der Waals surface area contributed by atoms with Crippen molar-refractivity contribution in [2.45, 2.75) is 25.0 Å². The normalized spacial score (nSPS) is 10.4. The first-order valence-corrected chi connectivity index (χ1v) is 7.41. The van der Waals surface area contributed by atoms with Crippen LogP contribution in [0.5, 0.6) is 0 Å². The van der Waals surface area contributed by atoms with Gasteiger partial charge in [-0.2, -0.15) is 5.26 Å². The predicted octanol–water partition coefficient (Wildman–Crippen LogP) is 2.46. The second kappa shape index (κ2) is 6.90. The van der Waals surface area contributed by atoms with E-state index in [2.05, 4.69) is 15.5 Å². The number of carbonyl (C=O) groups is 1. The van der Waals surface area contributed by atoms with Crippen LogP contribution >= 0.6 is 11.8 Å². The van der Waals surface area contributed by atoms with Gasteiger partial charge in [0.1, 0.15) is 12.4 Å². The number of para-hydroxylation sites is 1. The third kappa shape index (κ3) is 3.83. The maximum Gasteiger partial charge on any atom is 0.234 e. The minimum Gasteiger partial charge on any atom is -0.324 e. The number of thioether (sulfide) groups is 1. The molecule has 6 nitrogen and oxygen atoms in total. The topological polar surface area (TPSA) is 83.6 Å². The molecule has 1 amide bonds. The lowest BCUT2D eigenvalue weighted by Gasteiger charge is -2.09. The van der Waals surface area contributed by atoms with Gasteiger partial charge in [-0.15, -0.1) is 10.2 Å². The van der Waals surface area contributed by atoms with Gasteiger partial charge in [0.2, 0.25) is 5.91 Å². The Hall–Kier alpha value is -2.33. The second-order valence-corrected chi connectivity index (χ2v) is 5.55. The molecule has 1 heterocycles. The third-order valence-electron chi connectivity index (χ3n) is 2.75. The van der Waals surface area contributed by atoms with Crippen LogP contribution < -0.4 is 5.32 Å². The summed E-state index contributed by atoms with van der Waals surface area (Å²) in [6, 6.07) is 9.19. The molecule has 1 aromatic heterocycles. The minimum absolute atomic E-state index is 0.180. The highest BCUT2D eigenvalue weighted by atomic mass is 32.2. The Bertz CT molecular complexity index is 674. The van der Waals surface area contributed by atoms with Crippen LogP contribution in [0.25, 0.3) is 0 Å². The number of amides is 1. The van der Waals surface area contributed by atoms with Crippen molar-refractivity contribution in [3.05, 3.63) is 36.2 Å². The number of hydrogen-bond donors (Lipinski definition) is 1. The first kappa shape index (κ1) is 15.1. The van der Waals surface area contributed by atoms with Crippen LogP contribution in [0.3, 0.4) is 0 Å². The van der Waals surface area contributed by atoms with Crippen molar-refractivity contribution in [3.63, 3.8) is 0 Å². The predicted molar refractivity (Wildman–Crippen MR) is 80.9 cm³/mol. The van der Waals surface area contributed by atoms with Gasteiger partial charge in [0.05, 0.1) is 17.0 Å². The molecule has 1 aromatic carbocycles. The second-order valence-electron chi connectivity index (χ2n) is 4.61. The molecule has 0 fully saturated rings. The molecular weight excluding hydrogens is 286 g/mol. The van der Waals surface area contributed by atoms with E-state index >= 15 is 0 Å². The molecule has 1 N–H and O–H groups in total. The van der Waals surface area contributed by atoms with Gasteiger partial charge in [0.15, 0.2) is 5.16 Å². The summed E-state index contributed by atoms with van der Waals surface area (Å²) < 4.78 is 1.90. The Kier molecular flexibility index (Phi) is 4.95. The SMILES string of the molecule is CC(C)n1cnnc1SCC(=O)Nc1ccccc1C#N. The third-order valence-corrected chi connectivity index (χ3v) is 3.71. The van der Waals surface area contributed by atoms with Crippen LogP contribution in [0.2, 0.25) is 0 Å². The summed E-state index contributed by atoms with van der Waals surface area (Å²) in [7, 11) is 0. The number of carbonyl (C=O) groups excluding carboxylic acids is 1. The summed E-state index contributed by atoms with van der Waals surface area (Å²) in [4.78, 5) is 12.0. The van der Waals surface area contributed by atoms with Crippen LogP contribution in [-0.4, -0.2) is 26.4 Å². The molecule has 108 valence electrons. The molecule has 0 aliphatic rings. The number of nitrogens with zero attached hydrogens (tertiary/aromatic N) is 4. The molecule has 0 saturated heterocycles. The molecule has 2 rings (SSSR count). The van der Waals surface area contributed by atoms with E-state index in [1.165, 1.54) is 11.8 Å². The average molecular weight is 301 g/mol. The lowest BCUT2D eigenvalue weighted by atomic mass is 10.2. The number of anilines is 1. The average Bonchev–Trinajstić information content (AvgIpc) is 2.94. The number of nitrogens with one attached hydrogen (secondary N) is 1. The molecule has 7 heteroatoms. The van der Waals surface area contributed by atoms with Gasteiger partial charge in [-0.05, 0) is 26.0 Å². The minimum atomic E-state index is -0.180. The van der Waals surface area contributed by atoms with Gasteiger partial charge in [-0.3, -0.25) is 4.79 Å². The first-order chi connectivity index (χ1) is 10.1. The Morgan fingerprint density at radius 1 is 1.48 bits per heavy atom. The highest BCUT2D eigenvalue weighted by Gasteiger charge is 2.11. The van der Waals surface area contributed by atoms with Gasteiger partial charge in [-0.25, -0.2) is 0 Å². The molecule has 0 unspecified atom stereocenters. The largest absolute Gasteiger partial charge is 0.324 e. The van der Waals surface area contributed by atoms with E-state index in [4.69, 9.17) is 5.26 Å². The quantitative estimate of drug-likeness (QED) is 0.858. The Morgan fingerprint density at radius 3 is 2.95 bits per heavy atom. The van der Waals surface area contributed by atoms with E-state index in [9.17, 15) is 4.79 Å². The molecule has 0 saturated carbocycles. The van der Waals surface area contributed by atoms with Crippen LogP contribution in [0.4, 0.5) is 5.69 Å². The van der Waals surface area contributed by atoms with E-state index in [1.807, 2.05) is 24.5 Å². The van der Waals surface area contributed by atoms with E-state index in [0.29, 0.717) is 16.4 Å². The zero-order chi connectivity index (χ0) is 15.2. The summed E-state index contributed by atoms with van der Waals surface area (Å²) in [5.74, 6) is 0.0338. The number of benzene rings is 1. The van der Waals surface area contributed by atoms with Crippen molar-refractivity contribution in [1.29, 1.82) is 5.26 Å². The zero-order valence-corrected chi connectivity index (χ0v) is 12.6. The van der Waals surface area contributed by atoms with Crippen molar-refractivity contribution in [2.75, 3.05) is 11.1 Å². The van der Waals surface area contributed by atoms with Crippen LogP contribution in [0, 0.1) is 11.3 Å². The summed E-state index contributed by atoms with van der Waals surface area (Å²) in [5.41, 5.74) is 0.970. The van der Waals surface area contributed by atoms with Gasteiger partial charge in [-0.1, -0.05) is 23.9 Å². The zero-order valence-electron chi connectivity index (χ0n) is 11.8. The maximum atomic E-state index is 12.0. The Labute approximate surface area is 127 Å². The monoisotopic (exact) mass is 301 g/mol.